The standard InChI is InChI=1S/C37H28Cl4N8/c1-22-19-33(48(46-22)25-9-5-3-6-10-25)42-31-17-14-27(36(40)44-31)35(24-13-16-29(38)30(39)21-24)28-15-18-32(45-37(28)41)43-34-20-23(2)47-49(34)26-11-7-4-8-12-26/h3-21,35H,1-2H3,(H,42,44)(H,43,45). The van der Waals surface area contributed by atoms with Crippen LogP contribution in [-0.4, -0.2) is 29.5 Å². The van der Waals surface area contributed by atoms with Gasteiger partial charge in [-0.05, 0) is 67.9 Å². The van der Waals surface area contributed by atoms with E-state index in [0.717, 1.165) is 40.0 Å². The Morgan fingerprint density at radius 2 is 1.00 bits per heavy atom. The van der Waals surface area contributed by atoms with Crippen LogP contribution in [0.2, 0.25) is 20.4 Å². The number of aryl methyl sites for hydroxylation is 2. The Hall–Kier alpha value is -4.86. The first kappa shape index (κ1) is 32.7. The SMILES string of the molecule is Cc1cc(Nc2ccc(C(c3ccc(Cl)c(Cl)c3)c3ccc(Nc4cc(C)nn4-c4ccccc4)nc3Cl)c(Cl)n2)n(-c2ccccc2)n1. The molecule has 4 heterocycles. The molecule has 2 N–H and O–H groups in total. The van der Waals surface area contributed by atoms with Crippen molar-refractivity contribution in [2.75, 3.05) is 10.6 Å². The van der Waals surface area contributed by atoms with Crippen LogP contribution in [0.3, 0.4) is 0 Å². The second-order valence-corrected chi connectivity index (χ2v) is 12.9. The number of anilines is 4. The molecule has 0 bridgehead atoms. The Morgan fingerprint density at radius 1 is 0.531 bits per heavy atom. The van der Waals surface area contributed by atoms with E-state index in [1.807, 2.05) is 132 Å². The van der Waals surface area contributed by atoms with E-state index in [0.29, 0.717) is 32.8 Å². The maximum atomic E-state index is 6.97. The minimum absolute atomic E-state index is 0.282. The molecular formula is C37H28Cl4N8. The number of hydrogen-bond donors (Lipinski definition) is 2. The summed E-state index contributed by atoms with van der Waals surface area (Å²) in [5, 5.41) is 17.4. The maximum absolute atomic E-state index is 6.97. The third kappa shape index (κ3) is 7.00. The van der Waals surface area contributed by atoms with Gasteiger partial charge in [0.1, 0.15) is 33.6 Å². The van der Waals surface area contributed by atoms with Crippen LogP contribution in [0.5, 0.6) is 0 Å². The molecule has 0 fully saturated rings. The Kier molecular flexibility index (Phi) is 9.29. The van der Waals surface area contributed by atoms with Gasteiger partial charge >= 0.3 is 0 Å². The largest absolute Gasteiger partial charge is 0.325 e. The average molecular weight is 726 g/mol. The van der Waals surface area contributed by atoms with Gasteiger partial charge < -0.3 is 10.6 Å². The van der Waals surface area contributed by atoms with Gasteiger partial charge in [-0.25, -0.2) is 19.3 Å². The van der Waals surface area contributed by atoms with Crippen LogP contribution in [0, 0.1) is 13.8 Å². The quantitative estimate of drug-likeness (QED) is 0.144. The second-order valence-electron chi connectivity index (χ2n) is 11.3. The first-order valence-electron chi connectivity index (χ1n) is 15.3. The van der Waals surface area contributed by atoms with Crippen molar-refractivity contribution in [2.45, 2.75) is 19.8 Å². The third-order valence-electron chi connectivity index (χ3n) is 7.83. The van der Waals surface area contributed by atoms with E-state index in [1.165, 1.54) is 0 Å². The predicted octanol–water partition coefficient (Wildman–Crippen LogP) is 10.7. The van der Waals surface area contributed by atoms with Crippen LogP contribution < -0.4 is 10.6 Å². The number of benzene rings is 3. The summed E-state index contributed by atoms with van der Waals surface area (Å²) >= 11 is 26.8. The van der Waals surface area contributed by atoms with Gasteiger partial charge in [-0.2, -0.15) is 10.2 Å². The molecule has 8 nitrogen and oxygen atoms in total. The number of halogens is 4. The Labute approximate surface area is 303 Å². The molecule has 12 heteroatoms. The molecule has 244 valence electrons. The van der Waals surface area contributed by atoms with Gasteiger partial charge in [0.15, 0.2) is 0 Å². The molecule has 7 aromatic rings. The number of nitrogens with one attached hydrogen (secondary N) is 2. The van der Waals surface area contributed by atoms with Gasteiger partial charge in [0.05, 0.1) is 32.8 Å². The summed E-state index contributed by atoms with van der Waals surface area (Å²) in [6.45, 7) is 3.88. The van der Waals surface area contributed by atoms with Gasteiger partial charge in [0, 0.05) is 29.2 Å². The van der Waals surface area contributed by atoms with Crippen LogP contribution in [0.15, 0.2) is 115 Å². The number of aromatic nitrogens is 6. The molecule has 0 spiro atoms. The van der Waals surface area contributed by atoms with E-state index in [9.17, 15) is 0 Å². The van der Waals surface area contributed by atoms with E-state index in [2.05, 4.69) is 20.8 Å². The minimum atomic E-state index is -0.466. The highest BCUT2D eigenvalue weighted by atomic mass is 35.5. The van der Waals surface area contributed by atoms with Crippen LogP contribution in [0.25, 0.3) is 11.4 Å². The van der Waals surface area contributed by atoms with E-state index in [-0.39, 0.29) is 10.3 Å². The number of para-hydroxylation sites is 2. The first-order chi connectivity index (χ1) is 23.7. The molecular weight excluding hydrogens is 698 g/mol. The summed E-state index contributed by atoms with van der Waals surface area (Å²) in [6, 6.07) is 36.7. The number of hydrogen-bond acceptors (Lipinski definition) is 6. The highest BCUT2D eigenvalue weighted by Gasteiger charge is 2.25. The monoisotopic (exact) mass is 724 g/mol. The van der Waals surface area contributed by atoms with Crippen LogP contribution in [0.1, 0.15) is 34.0 Å². The molecule has 3 aromatic carbocycles. The van der Waals surface area contributed by atoms with Gasteiger partial charge in [0.25, 0.3) is 0 Å². The highest BCUT2D eigenvalue weighted by molar-refractivity contribution is 6.42. The normalized spacial score (nSPS) is 11.2. The zero-order chi connectivity index (χ0) is 34.1. The Balaban J connectivity index is 1.23. The molecule has 0 aliphatic carbocycles. The van der Waals surface area contributed by atoms with Crippen molar-refractivity contribution in [2.24, 2.45) is 0 Å². The molecule has 0 unspecified atom stereocenters. The minimum Gasteiger partial charge on any atom is -0.325 e. The van der Waals surface area contributed by atoms with Crippen LogP contribution in [-0.2, 0) is 0 Å². The molecule has 0 radical (unpaired) electrons. The molecule has 0 saturated carbocycles. The fourth-order valence-electron chi connectivity index (χ4n) is 5.65. The highest BCUT2D eigenvalue weighted by Crippen LogP contribution is 2.41. The lowest BCUT2D eigenvalue weighted by molar-refractivity contribution is 0.868. The van der Waals surface area contributed by atoms with E-state index in [4.69, 9.17) is 56.4 Å². The lowest BCUT2D eigenvalue weighted by Crippen LogP contribution is -2.09. The zero-order valence-electron chi connectivity index (χ0n) is 26.2. The van der Waals surface area contributed by atoms with Crippen molar-refractivity contribution in [1.82, 2.24) is 29.5 Å². The van der Waals surface area contributed by atoms with Gasteiger partial charge in [-0.3, -0.25) is 0 Å². The molecule has 0 amide bonds. The molecule has 0 saturated heterocycles. The van der Waals surface area contributed by atoms with Crippen LogP contribution in [0.4, 0.5) is 23.3 Å². The summed E-state index contributed by atoms with van der Waals surface area (Å²) in [7, 11) is 0. The number of rotatable bonds is 9. The number of nitrogens with zero attached hydrogens (tertiary/aromatic N) is 6. The summed E-state index contributed by atoms with van der Waals surface area (Å²) in [6.07, 6.45) is 0. The van der Waals surface area contributed by atoms with Crippen molar-refractivity contribution in [3.05, 3.63) is 164 Å². The van der Waals surface area contributed by atoms with Crippen molar-refractivity contribution in [1.29, 1.82) is 0 Å². The summed E-state index contributed by atoms with van der Waals surface area (Å²) in [5.41, 5.74) is 5.78. The molecule has 7 rings (SSSR count). The van der Waals surface area contributed by atoms with Crippen molar-refractivity contribution < 1.29 is 0 Å². The fourth-order valence-corrected chi connectivity index (χ4v) is 6.48. The first-order valence-corrected chi connectivity index (χ1v) is 16.8. The summed E-state index contributed by atoms with van der Waals surface area (Å²) in [5.74, 6) is 2.13. The fraction of sp³-hybridized carbons (Fsp3) is 0.0811. The topological polar surface area (TPSA) is 85.5 Å². The predicted molar refractivity (Wildman–Crippen MR) is 199 cm³/mol. The lowest BCUT2D eigenvalue weighted by Gasteiger charge is -2.22. The maximum Gasteiger partial charge on any atom is 0.135 e. The molecule has 0 aliphatic heterocycles. The van der Waals surface area contributed by atoms with Crippen molar-refractivity contribution in [3.8, 4) is 11.4 Å². The van der Waals surface area contributed by atoms with Gasteiger partial charge in [-0.1, -0.05) is 101 Å². The average Bonchev–Trinajstić information content (AvgIpc) is 3.66. The zero-order valence-corrected chi connectivity index (χ0v) is 29.3. The Morgan fingerprint density at radius 3 is 1.43 bits per heavy atom. The van der Waals surface area contributed by atoms with Crippen LogP contribution >= 0.6 is 46.4 Å². The molecule has 0 aliphatic rings. The lowest BCUT2D eigenvalue weighted by atomic mass is 9.86. The Bertz CT molecular complexity index is 2130. The van der Waals surface area contributed by atoms with E-state index in [1.54, 1.807) is 6.07 Å². The van der Waals surface area contributed by atoms with E-state index >= 15 is 0 Å². The summed E-state index contributed by atoms with van der Waals surface area (Å²) in [4.78, 5) is 9.47. The van der Waals surface area contributed by atoms with Gasteiger partial charge in [-0.15, -0.1) is 0 Å². The van der Waals surface area contributed by atoms with Crippen molar-refractivity contribution >= 4 is 69.7 Å². The van der Waals surface area contributed by atoms with E-state index < -0.39 is 5.92 Å². The molecule has 49 heavy (non-hydrogen) atoms. The smallest absolute Gasteiger partial charge is 0.135 e. The molecule has 4 aromatic heterocycles. The van der Waals surface area contributed by atoms with Gasteiger partial charge in [0.2, 0.25) is 0 Å². The molecule has 0 atom stereocenters. The van der Waals surface area contributed by atoms with Crippen molar-refractivity contribution in [3.63, 3.8) is 0 Å². The second kappa shape index (κ2) is 13.9. The number of pyridine rings is 2. The summed E-state index contributed by atoms with van der Waals surface area (Å²) < 4.78 is 3.65. The third-order valence-corrected chi connectivity index (χ3v) is 9.18.